The first-order valence-electron chi connectivity index (χ1n) is 11.1. The van der Waals surface area contributed by atoms with Crippen molar-refractivity contribution in [3.63, 3.8) is 0 Å². The lowest BCUT2D eigenvalue weighted by Gasteiger charge is -2.11. The van der Waals surface area contributed by atoms with Crippen molar-refractivity contribution >= 4 is 22.0 Å². The second-order valence-corrected chi connectivity index (χ2v) is 5.91. The summed E-state index contributed by atoms with van der Waals surface area (Å²) in [5.74, 6) is -1.09. The lowest BCUT2D eigenvalue weighted by molar-refractivity contribution is 0.399. The van der Waals surface area contributed by atoms with Crippen molar-refractivity contribution in [3.05, 3.63) is 35.1 Å². The molecule has 8 heteroatoms. The summed E-state index contributed by atoms with van der Waals surface area (Å²) in [6.45, 7) is -5.78. The molecule has 3 heterocycles. The monoisotopic (exact) mass is 355 g/mol. The minimum Gasteiger partial charge on any atom is -0.496 e. The Kier molecular flexibility index (Phi) is 2.34. The van der Waals surface area contributed by atoms with Crippen LogP contribution in [0, 0.1) is 13.7 Å². The van der Waals surface area contributed by atoms with E-state index in [9.17, 15) is 4.21 Å². The number of fused-ring (bicyclic) bond motifs is 1. The molecular formula is C16H18N4O3S. The van der Waals surface area contributed by atoms with Crippen LogP contribution in [0.5, 0.6) is 11.6 Å². The molecule has 126 valence electrons. The molecule has 0 bridgehead atoms. The number of aromatic nitrogens is 4. The maximum Gasteiger partial charge on any atom is 0.215 e. The summed E-state index contributed by atoms with van der Waals surface area (Å²) in [6.07, 6.45) is -0.744. The van der Waals surface area contributed by atoms with Crippen LogP contribution in [0.3, 0.4) is 0 Å². The van der Waals surface area contributed by atoms with Gasteiger partial charge >= 0.3 is 0 Å². The van der Waals surface area contributed by atoms with E-state index in [1.807, 2.05) is 0 Å². The third kappa shape index (κ3) is 2.96. The summed E-state index contributed by atoms with van der Waals surface area (Å²) in [5, 5.41) is -0.344. The van der Waals surface area contributed by atoms with E-state index in [0.29, 0.717) is 4.98 Å². The average molecular weight is 355 g/mol. The fourth-order valence-electron chi connectivity index (χ4n) is 1.95. The van der Waals surface area contributed by atoms with Crippen LogP contribution in [0.2, 0.25) is 1.41 Å². The minimum atomic E-state index is -2.91. The standard InChI is InChI=1S/C16H18N4O3S/c1-9-7-17-12(10(2)14(9)23-4)8-24(21)16-18-11-5-6-13(22-3)19-15(11)20-16/h5-7H,8H2,1-4H3,(H,18,19,20)/i1D3,2D3,5D,7D/hD. The van der Waals surface area contributed by atoms with Gasteiger partial charge in [0, 0.05) is 31.6 Å². The predicted octanol–water partition coefficient (Wildman–Crippen LogP) is 2.29. The molecular weight excluding hydrogens is 328 g/mol. The minimum absolute atomic E-state index is 0.0420. The van der Waals surface area contributed by atoms with Gasteiger partial charge < -0.3 is 14.5 Å². The highest BCUT2D eigenvalue weighted by Gasteiger charge is 2.16. The zero-order chi connectivity index (χ0) is 24.9. The largest absolute Gasteiger partial charge is 0.496 e. The normalized spacial score (nSPS) is 18.8. The molecule has 1 unspecified atom stereocenters. The van der Waals surface area contributed by atoms with E-state index >= 15 is 0 Å². The summed E-state index contributed by atoms with van der Waals surface area (Å²) in [7, 11) is 0.223. The summed E-state index contributed by atoms with van der Waals surface area (Å²) < 4.78 is 93.8. The van der Waals surface area contributed by atoms with Gasteiger partial charge in [0.2, 0.25) is 5.88 Å². The van der Waals surface area contributed by atoms with E-state index in [2.05, 4.69) is 15.0 Å². The van der Waals surface area contributed by atoms with Crippen LogP contribution in [0.4, 0.5) is 0 Å². The van der Waals surface area contributed by atoms with Gasteiger partial charge in [0.15, 0.2) is 12.2 Å². The Morgan fingerprint density at radius 2 is 2.25 bits per heavy atom. The van der Waals surface area contributed by atoms with Gasteiger partial charge in [-0.05, 0) is 19.7 Å². The van der Waals surface area contributed by atoms with Crippen molar-refractivity contribution in [2.45, 2.75) is 24.6 Å². The number of nitrogens with zero attached hydrogens (tertiary/aromatic N) is 3. The molecule has 1 atom stereocenters. The van der Waals surface area contributed by atoms with Crippen molar-refractivity contribution in [1.82, 2.24) is 19.9 Å². The molecule has 0 aliphatic carbocycles. The first kappa shape index (κ1) is 8.57. The molecule has 0 saturated heterocycles. The van der Waals surface area contributed by atoms with Crippen LogP contribution in [0.1, 0.15) is 27.8 Å². The molecule has 0 fully saturated rings. The fourth-order valence-corrected chi connectivity index (χ4v) is 2.91. The number of ether oxygens (including phenoxy) is 2. The predicted molar refractivity (Wildman–Crippen MR) is 90.8 cm³/mol. The molecule has 24 heavy (non-hydrogen) atoms. The van der Waals surface area contributed by atoms with Crippen molar-refractivity contribution in [1.29, 1.82) is 0 Å². The van der Waals surface area contributed by atoms with E-state index in [0.717, 1.165) is 7.11 Å². The van der Waals surface area contributed by atoms with Gasteiger partial charge in [-0.15, -0.1) is 0 Å². The van der Waals surface area contributed by atoms with Gasteiger partial charge in [0.25, 0.3) is 0 Å². The Morgan fingerprint density at radius 1 is 1.38 bits per heavy atom. The van der Waals surface area contributed by atoms with Crippen LogP contribution in [0.15, 0.2) is 23.4 Å². The molecule has 0 aliphatic rings. The maximum atomic E-state index is 13.1. The number of H-pyrrole nitrogens is 1. The Hall–Kier alpha value is -2.48. The van der Waals surface area contributed by atoms with Gasteiger partial charge in [0.1, 0.15) is 5.75 Å². The SMILES string of the molecule is [2H]c1nc(CS(=O)c2nc3nc(OC)cc([2H])c3n2[2H])c(C([2H])([2H])[2H])c(OC)c1C([2H])([2H])[2H]. The summed E-state index contributed by atoms with van der Waals surface area (Å²) >= 11 is 0. The third-order valence-electron chi connectivity index (χ3n) is 3.10. The second-order valence-electron chi connectivity index (χ2n) is 4.56. The Bertz CT molecular complexity index is 1260. The van der Waals surface area contributed by atoms with Gasteiger partial charge in [-0.2, -0.15) is 4.98 Å². The van der Waals surface area contributed by atoms with E-state index < -0.39 is 53.3 Å². The summed E-state index contributed by atoms with van der Waals surface area (Å²) in [4.78, 5) is 12.5. The van der Waals surface area contributed by atoms with Crippen LogP contribution < -0.4 is 9.47 Å². The number of pyridine rings is 2. The van der Waals surface area contributed by atoms with Crippen LogP contribution >= 0.6 is 0 Å². The van der Waals surface area contributed by atoms with Gasteiger partial charge in [0.05, 0.1) is 44.7 Å². The zero-order valence-corrected chi connectivity index (χ0v) is 13.5. The van der Waals surface area contributed by atoms with Crippen molar-refractivity contribution in [3.8, 4) is 11.6 Å². The van der Waals surface area contributed by atoms with E-state index in [-0.39, 0.29) is 33.9 Å². The van der Waals surface area contributed by atoms with E-state index in [1.54, 1.807) is 0 Å². The Labute approximate surface area is 154 Å². The molecule has 0 radical (unpaired) electrons. The van der Waals surface area contributed by atoms with Crippen molar-refractivity contribution < 1.29 is 26.1 Å². The lowest BCUT2D eigenvalue weighted by atomic mass is 10.1. The lowest BCUT2D eigenvalue weighted by Crippen LogP contribution is -2.05. The highest BCUT2D eigenvalue weighted by Crippen LogP contribution is 2.25. The third-order valence-corrected chi connectivity index (χ3v) is 4.22. The topological polar surface area (TPSA) is 90.0 Å². The van der Waals surface area contributed by atoms with Gasteiger partial charge in [-0.1, -0.05) is 0 Å². The number of nitrogens with one attached hydrogen (secondary N) is 1. The van der Waals surface area contributed by atoms with Crippen LogP contribution in [0.25, 0.3) is 11.2 Å². The number of hydrogen-bond donors (Lipinski definition) is 1. The highest BCUT2D eigenvalue weighted by atomic mass is 32.2. The van der Waals surface area contributed by atoms with Crippen LogP contribution in [-0.2, 0) is 16.6 Å². The molecule has 3 aromatic rings. The smallest absolute Gasteiger partial charge is 0.215 e. The maximum absolute atomic E-state index is 13.1. The first-order valence-corrected chi connectivity index (χ1v) is 7.92. The second kappa shape index (κ2) is 6.56. The average Bonchev–Trinajstić information content (AvgIpc) is 3.02. The zero-order valence-electron chi connectivity index (χ0n) is 21.7. The van der Waals surface area contributed by atoms with Gasteiger partial charge in [-0.3, -0.25) is 9.19 Å². The van der Waals surface area contributed by atoms with Crippen LogP contribution in [-0.4, -0.2) is 38.4 Å². The molecule has 1 N–H and O–H groups in total. The summed E-state index contributed by atoms with van der Waals surface area (Å²) in [6, 6.07) is 1.10. The fraction of sp³-hybridized carbons (Fsp3) is 0.312. The van der Waals surface area contributed by atoms with Gasteiger partial charge in [-0.25, -0.2) is 4.98 Å². The molecule has 0 aliphatic heterocycles. The number of rotatable bonds is 5. The molecule has 0 amide bonds. The molecule has 3 rings (SSSR count). The molecule has 0 spiro atoms. The molecule has 0 aromatic carbocycles. The molecule has 7 nitrogen and oxygen atoms in total. The first-order chi connectivity index (χ1) is 15.2. The number of imidazole rings is 1. The van der Waals surface area contributed by atoms with E-state index in [1.165, 1.54) is 13.2 Å². The van der Waals surface area contributed by atoms with E-state index in [4.69, 9.17) is 21.9 Å². The Balaban J connectivity index is 2.17. The summed E-state index contributed by atoms with van der Waals surface area (Å²) in [5.41, 5.74) is -1.73. The molecule has 0 saturated carbocycles. The quantitative estimate of drug-likeness (QED) is 0.755. The number of hydrogen-bond acceptors (Lipinski definition) is 6. The Morgan fingerprint density at radius 3 is 2.96 bits per heavy atom. The molecule has 3 aromatic heterocycles. The number of aromatic amines is 1. The van der Waals surface area contributed by atoms with Crippen molar-refractivity contribution in [2.75, 3.05) is 14.2 Å². The highest BCUT2D eigenvalue weighted by molar-refractivity contribution is 7.84. The van der Waals surface area contributed by atoms with Crippen molar-refractivity contribution in [2.24, 2.45) is 0 Å². The number of methoxy groups -OCH3 is 2.